The summed E-state index contributed by atoms with van der Waals surface area (Å²) >= 11 is 0. The minimum atomic E-state index is -0.111. The fourth-order valence-electron chi connectivity index (χ4n) is 2.97. The van der Waals surface area contributed by atoms with Crippen molar-refractivity contribution in [3.05, 3.63) is 11.6 Å². The van der Waals surface area contributed by atoms with Crippen LogP contribution in [0.4, 0.5) is 0 Å². The predicted octanol–water partition coefficient (Wildman–Crippen LogP) is 0.0276. The van der Waals surface area contributed by atoms with Crippen molar-refractivity contribution in [2.45, 2.75) is 38.8 Å². The maximum Gasteiger partial charge on any atom is 0.223 e. The molecule has 3 rings (SSSR count). The van der Waals surface area contributed by atoms with Crippen LogP contribution in [0.3, 0.4) is 0 Å². The zero-order valence-electron chi connectivity index (χ0n) is 12.5. The van der Waals surface area contributed by atoms with Crippen molar-refractivity contribution >= 4 is 5.91 Å². The Kier molecular flexibility index (Phi) is 4.50. The Labute approximate surface area is 124 Å². The van der Waals surface area contributed by atoms with E-state index in [0.29, 0.717) is 13.2 Å². The number of amides is 1. The third-order valence-electron chi connectivity index (χ3n) is 4.23. The average molecular weight is 293 g/mol. The number of aromatic nitrogens is 3. The fourth-order valence-corrected chi connectivity index (χ4v) is 2.97. The van der Waals surface area contributed by atoms with Gasteiger partial charge in [0.1, 0.15) is 5.82 Å². The summed E-state index contributed by atoms with van der Waals surface area (Å²) in [5.41, 5.74) is 0. The van der Waals surface area contributed by atoms with Crippen molar-refractivity contribution in [3.63, 3.8) is 0 Å². The number of hydrogen-bond acceptors (Lipinski definition) is 5. The van der Waals surface area contributed by atoms with Gasteiger partial charge < -0.3 is 19.9 Å². The van der Waals surface area contributed by atoms with Crippen LogP contribution < -0.4 is 10.6 Å². The molecule has 1 aromatic heterocycles. The molecule has 0 unspecified atom stereocenters. The highest BCUT2D eigenvalue weighted by molar-refractivity contribution is 5.79. The molecule has 0 saturated carbocycles. The highest BCUT2D eigenvalue weighted by Crippen LogP contribution is 2.18. The highest BCUT2D eigenvalue weighted by Gasteiger charge is 2.25. The molecule has 116 valence electrons. The number of nitrogens with zero attached hydrogens (tertiary/aromatic N) is 3. The van der Waals surface area contributed by atoms with Gasteiger partial charge in [0.05, 0.1) is 6.04 Å². The molecular weight excluding hydrogens is 270 g/mol. The van der Waals surface area contributed by atoms with Crippen LogP contribution in [0.5, 0.6) is 0 Å². The van der Waals surface area contributed by atoms with Crippen LogP contribution in [0, 0.1) is 5.92 Å². The summed E-state index contributed by atoms with van der Waals surface area (Å²) in [4.78, 5) is 12.3. The molecule has 1 amide bonds. The van der Waals surface area contributed by atoms with E-state index in [1.165, 1.54) is 0 Å². The monoisotopic (exact) mass is 293 g/mol. The maximum atomic E-state index is 12.3. The van der Waals surface area contributed by atoms with Crippen molar-refractivity contribution in [2.24, 2.45) is 5.92 Å². The zero-order chi connectivity index (χ0) is 14.7. The molecule has 2 aliphatic heterocycles. The molecule has 3 heterocycles. The molecule has 21 heavy (non-hydrogen) atoms. The van der Waals surface area contributed by atoms with Gasteiger partial charge >= 0.3 is 0 Å². The van der Waals surface area contributed by atoms with Gasteiger partial charge in [-0.25, -0.2) is 0 Å². The van der Waals surface area contributed by atoms with E-state index in [-0.39, 0.29) is 17.9 Å². The average Bonchev–Trinajstić information content (AvgIpc) is 2.77. The van der Waals surface area contributed by atoms with Gasteiger partial charge in [0.25, 0.3) is 0 Å². The van der Waals surface area contributed by atoms with Gasteiger partial charge in [-0.3, -0.25) is 4.79 Å². The first kappa shape index (κ1) is 14.5. The summed E-state index contributed by atoms with van der Waals surface area (Å²) in [6, 6.07) is -0.111. The Morgan fingerprint density at radius 1 is 1.38 bits per heavy atom. The molecule has 7 nitrogen and oxygen atoms in total. The van der Waals surface area contributed by atoms with Gasteiger partial charge in [-0.15, -0.1) is 10.2 Å². The minimum Gasteiger partial charge on any atom is -0.381 e. The lowest BCUT2D eigenvalue weighted by molar-refractivity contribution is -0.128. The molecular formula is C14H23N5O2. The Balaban J connectivity index is 1.66. The van der Waals surface area contributed by atoms with Crippen molar-refractivity contribution in [3.8, 4) is 0 Å². The largest absolute Gasteiger partial charge is 0.381 e. The molecule has 1 atom stereocenters. The van der Waals surface area contributed by atoms with E-state index in [4.69, 9.17) is 4.74 Å². The van der Waals surface area contributed by atoms with Crippen LogP contribution in [0.1, 0.15) is 37.5 Å². The van der Waals surface area contributed by atoms with Crippen molar-refractivity contribution in [1.82, 2.24) is 25.4 Å². The van der Waals surface area contributed by atoms with Gasteiger partial charge in [-0.05, 0) is 19.8 Å². The number of hydrogen-bond donors (Lipinski definition) is 2. The quantitative estimate of drug-likeness (QED) is 0.821. The summed E-state index contributed by atoms with van der Waals surface area (Å²) in [7, 11) is 0. The summed E-state index contributed by atoms with van der Waals surface area (Å²) in [5.74, 6) is 2.03. The second-order valence-corrected chi connectivity index (χ2v) is 5.74. The van der Waals surface area contributed by atoms with E-state index in [2.05, 4.69) is 25.4 Å². The van der Waals surface area contributed by atoms with Gasteiger partial charge in [-0.2, -0.15) is 0 Å². The van der Waals surface area contributed by atoms with Crippen molar-refractivity contribution in [2.75, 3.05) is 26.3 Å². The lowest BCUT2D eigenvalue weighted by Crippen LogP contribution is -2.36. The molecule has 1 aromatic rings. The molecule has 7 heteroatoms. The van der Waals surface area contributed by atoms with Crippen LogP contribution in [-0.2, 0) is 22.5 Å². The first-order valence-electron chi connectivity index (χ1n) is 7.76. The summed E-state index contributed by atoms with van der Waals surface area (Å²) < 4.78 is 7.44. The van der Waals surface area contributed by atoms with Crippen molar-refractivity contribution in [1.29, 1.82) is 0 Å². The standard InChI is InChI=1S/C14H23N5O2/c1-10(16-14(20)11-3-8-21-9-4-11)13-18-17-12-2-5-15-6-7-19(12)13/h10-11,15H,2-9H2,1H3,(H,16,20)/t10-/m0/s1. The van der Waals surface area contributed by atoms with Crippen LogP contribution >= 0.6 is 0 Å². The normalized spacial score (nSPS) is 21.4. The zero-order valence-corrected chi connectivity index (χ0v) is 12.5. The van der Waals surface area contributed by atoms with E-state index in [1.807, 2.05) is 6.92 Å². The topological polar surface area (TPSA) is 81.1 Å². The molecule has 0 aliphatic carbocycles. The van der Waals surface area contributed by atoms with E-state index in [0.717, 1.165) is 50.5 Å². The van der Waals surface area contributed by atoms with Crippen LogP contribution in [0.15, 0.2) is 0 Å². The number of carbonyl (C=O) groups excluding carboxylic acids is 1. The Bertz CT molecular complexity index is 496. The SMILES string of the molecule is C[C@H](NC(=O)C1CCOCC1)c1nnc2n1CCNCC2. The van der Waals surface area contributed by atoms with E-state index in [1.54, 1.807) is 0 Å². The fraction of sp³-hybridized carbons (Fsp3) is 0.786. The maximum absolute atomic E-state index is 12.3. The second kappa shape index (κ2) is 6.53. The molecule has 0 aromatic carbocycles. The van der Waals surface area contributed by atoms with Crippen LogP contribution in [0.2, 0.25) is 0 Å². The molecule has 2 aliphatic rings. The van der Waals surface area contributed by atoms with Gasteiger partial charge in [0, 0.05) is 45.2 Å². The highest BCUT2D eigenvalue weighted by atomic mass is 16.5. The number of nitrogens with one attached hydrogen (secondary N) is 2. The summed E-state index contributed by atoms with van der Waals surface area (Å²) in [6.45, 7) is 6.04. The molecule has 1 saturated heterocycles. The van der Waals surface area contributed by atoms with Gasteiger partial charge in [-0.1, -0.05) is 0 Å². The smallest absolute Gasteiger partial charge is 0.223 e. The van der Waals surface area contributed by atoms with Crippen LogP contribution in [-0.4, -0.2) is 47.0 Å². The van der Waals surface area contributed by atoms with Gasteiger partial charge in [0.2, 0.25) is 5.91 Å². The molecule has 0 radical (unpaired) electrons. The van der Waals surface area contributed by atoms with Crippen molar-refractivity contribution < 1.29 is 9.53 Å². The van der Waals surface area contributed by atoms with Gasteiger partial charge in [0.15, 0.2) is 5.82 Å². The first-order valence-corrected chi connectivity index (χ1v) is 7.76. The molecule has 2 N–H and O–H groups in total. The lowest BCUT2D eigenvalue weighted by atomic mass is 9.99. The number of fused-ring (bicyclic) bond motifs is 1. The Morgan fingerprint density at radius 3 is 3.00 bits per heavy atom. The first-order chi connectivity index (χ1) is 10.3. The third kappa shape index (κ3) is 3.24. The lowest BCUT2D eigenvalue weighted by Gasteiger charge is -2.23. The van der Waals surface area contributed by atoms with E-state index < -0.39 is 0 Å². The predicted molar refractivity (Wildman–Crippen MR) is 76.7 cm³/mol. The van der Waals surface area contributed by atoms with E-state index in [9.17, 15) is 4.79 Å². The Morgan fingerprint density at radius 2 is 2.19 bits per heavy atom. The minimum absolute atomic E-state index is 0.0643. The third-order valence-corrected chi connectivity index (χ3v) is 4.23. The number of rotatable bonds is 3. The summed E-state index contributed by atoms with van der Waals surface area (Å²) in [6.07, 6.45) is 2.49. The molecule has 1 fully saturated rings. The number of ether oxygens (including phenoxy) is 1. The number of carbonyl (C=O) groups is 1. The molecule has 0 bridgehead atoms. The van der Waals surface area contributed by atoms with Crippen LogP contribution in [0.25, 0.3) is 0 Å². The second-order valence-electron chi connectivity index (χ2n) is 5.74. The van der Waals surface area contributed by atoms with E-state index >= 15 is 0 Å². The Hall–Kier alpha value is -1.47. The molecule has 0 spiro atoms. The summed E-state index contributed by atoms with van der Waals surface area (Å²) in [5, 5.41) is 15.0.